The van der Waals surface area contributed by atoms with Crippen molar-refractivity contribution >= 4 is 5.96 Å². The molecule has 0 radical (unpaired) electrons. The van der Waals surface area contributed by atoms with Gasteiger partial charge in [-0.1, -0.05) is 18.2 Å². The molecular formula is C19H24FN3O2. The van der Waals surface area contributed by atoms with Crippen molar-refractivity contribution in [1.29, 1.82) is 0 Å². The lowest BCUT2D eigenvalue weighted by Gasteiger charge is -2.18. The Balaban J connectivity index is 1.78. The number of guanidine groups is 1. The third kappa shape index (κ3) is 6.33. The summed E-state index contributed by atoms with van der Waals surface area (Å²) in [6.45, 7) is 3.12. The number of nitrogens with zero attached hydrogens (tertiary/aromatic N) is 1. The summed E-state index contributed by atoms with van der Waals surface area (Å²) < 4.78 is 24.0. The van der Waals surface area contributed by atoms with Gasteiger partial charge in [-0.15, -0.1) is 0 Å². The number of ether oxygens (including phenoxy) is 2. The standard InChI is InChI=1S/C19H24FN3O2/c1-14(25-18-6-4-5-17(11-18)24-3)12-22-19(21-2)23-13-15-7-9-16(20)10-8-15/h4-11,14H,12-13H2,1-3H3,(H2,21,22,23). The lowest BCUT2D eigenvalue weighted by atomic mass is 10.2. The summed E-state index contributed by atoms with van der Waals surface area (Å²) in [6.07, 6.45) is -0.0588. The predicted molar refractivity (Wildman–Crippen MR) is 97.7 cm³/mol. The molecule has 25 heavy (non-hydrogen) atoms. The Morgan fingerprint density at radius 2 is 1.84 bits per heavy atom. The Morgan fingerprint density at radius 1 is 1.12 bits per heavy atom. The lowest BCUT2D eigenvalue weighted by Crippen LogP contribution is -2.41. The molecule has 0 aliphatic rings. The summed E-state index contributed by atoms with van der Waals surface area (Å²) in [5, 5.41) is 6.39. The summed E-state index contributed by atoms with van der Waals surface area (Å²) in [5.41, 5.74) is 0.977. The van der Waals surface area contributed by atoms with Gasteiger partial charge in [0.1, 0.15) is 23.4 Å². The van der Waals surface area contributed by atoms with E-state index in [0.717, 1.165) is 17.1 Å². The summed E-state index contributed by atoms with van der Waals surface area (Å²) in [6, 6.07) is 13.9. The topological polar surface area (TPSA) is 54.9 Å². The molecular weight excluding hydrogens is 321 g/mol. The number of halogens is 1. The lowest BCUT2D eigenvalue weighted by molar-refractivity contribution is 0.223. The van der Waals surface area contributed by atoms with Gasteiger partial charge in [-0.2, -0.15) is 0 Å². The van der Waals surface area contributed by atoms with Crippen molar-refractivity contribution < 1.29 is 13.9 Å². The van der Waals surface area contributed by atoms with Crippen LogP contribution in [0, 0.1) is 5.82 Å². The SMILES string of the molecule is CN=C(NCc1ccc(F)cc1)NCC(C)Oc1cccc(OC)c1. The average molecular weight is 345 g/mol. The zero-order valence-electron chi connectivity index (χ0n) is 14.8. The number of methoxy groups -OCH3 is 1. The van der Waals surface area contributed by atoms with Crippen LogP contribution in [0.5, 0.6) is 11.5 Å². The van der Waals surface area contributed by atoms with Crippen molar-refractivity contribution in [2.75, 3.05) is 20.7 Å². The van der Waals surface area contributed by atoms with Crippen LogP contribution >= 0.6 is 0 Å². The van der Waals surface area contributed by atoms with E-state index in [9.17, 15) is 4.39 Å². The zero-order valence-corrected chi connectivity index (χ0v) is 14.8. The molecule has 5 nitrogen and oxygen atoms in total. The summed E-state index contributed by atoms with van der Waals surface area (Å²) in [4.78, 5) is 4.17. The molecule has 2 aromatic carbocycles. The minimum absolute atomic E-state index is 0.0588. The van der Waals surface area contributed by atoms with E-state index in [-0.39, 0.29) is 11.9 Å². The molecule has 1 atom stereocenters. The molecule has 2 rings (SSSR count). The van der Waals surface area contributed by atoms with Gasteiger partial charge in [-0.3, -0.25) is 4.99 Å². The van der Waals surface area contributed by atoms with Crippen molar-refractivity contribution in [2.45, 2.75) is 19.6 Å². The first-order chi connectivity index (χ1) is 12.1. The number of rotatable bonds is 7. The second-order valence-corrected chi connectivity index (χ2v) is 5.54. The molecule has 0 aliphatic heterocycles. The maximum Gasteiger partial charge on any atom is 0.191 e. The summed E-state index contributed by atoms with van der Waals surface area (Å²) in [5.74, 6) is 1.93. The van der Waals surface area contributed by atoms with Gasteiger partial charge in [0.25, 0.3) is 0 Å². The van der Waals surface area contributed by atoms with E-state index in [1.54, 1.807) is 26.3 Å². The first-order valence-corrected chi connectivity index (χ1v) is 8.10. The van der Waals surface area contributed by atoms with Gasteiger partial charge in [0.2, 0.25) is 0 Å². The van der Waals surface area contributed by atoms with Crippen LogP contribution in [0.1, 0.15) is 12.5 Å². The van der Waals surface area contributed by atoms with Crippen molar-refractivity contribution in [3.8, 4) is 11.5 Å². The molecule has 1 unspecified atom stereocenters. The number of benzene rings is 2. The quantitative estimate of drug-likeness (QED) is 0.598. The zero-order chi connectivity index (χ0) is 18.1. The molecule has 0 bridgehead atoms. The van der Waals surface area contributed by atoms with E-state index in [2.05, 4.69) is 15.6 Å². The highest BCUT2D eigenvalue weighted by Crippen LogP contribution is 2.19. The van der Waals surface area contributed by atoms with E-state index >= 15 is 0 Å². The molecule has 0 spiro atoms. The van der Waals surface area contributed by atoms with Gasteiger partial charge in [0.15, 0.2) is 5.96 Å². The Bertz CT molecular complexity index is 689. The Kier molecular flexibility index (Phi) is 7.07. The molecule has 134 valence electrons. The highest BCUT2D eigenvalue weighted by atomic mass is 19.1. The summed E-state index contributed by atoms with van der Waals surface area (Å²) in [7, 11) is 3.33. The molecule has 0 amide bonds. The Hall–Kier alpha value is -2.76. The molecule has 0 heterocycles. The fraction of sp³-hybridized carbons (Fsp3) is 0.316. The number of hydrogen-bond donors (Lipinski definition) is 2. The van der Waals surface area contributed by atoms with Crippen LogP contribution in [-0.2, 0) is 6.54 Å². The predicted octanol–water partition coefficient (Wildman–Crippen LogP) is 2.97. The van der Waals surface area contributed by atoms with Gasteiger partial charge < -0.3 is 20.1 Å². The van der Waals surface area contributed by atoms with E-state index in [4.69, 9.17) is 9.47 Å². The van der Waals surface area contributed by atoms with E-state index in [0.29, 0.717) is 19.0 Å². The van der Waals surface area contributed by atoms with E-state index < -0.39 is 0 Å². The van der Waals surface area contributed by atoms with E-state index in [1.165, 1.54) is 12.1 Å². The molecule has 0 fully saturated rings. The van der Waals surface area contributed by atoms with Crippen LogP contribution in [-0.4, -0.2) is 32.8 Å². The third-order valence-electron chi connectivity index (χ3n) is 3.53. The molecule has 0 saturated carbocycles. The van der Waals surface area contributed by atoms with Gasteiger partial charge in [-0.25, -0.2) is 4.39 Å². The van der Waals surface area contributed by atoms with Crippen LogP contribution in [0.25, 0.3) is 0 Å². The maximum absolute atomic E-state index is 12.9. The van der Waals surface area contributed by atoms with Crippen LogP contribution < -0.4 is 20.1 Å². The Labute approximate surface area is 147 Å². The maximum atomic E-state index is 12.9. The minimum atomic E-state index is -0.241. The number of aliphatic imine (C=N–C) groups is 1. The first kappa shape index (κ1) is 18.6. The van der Waals surface area contributed by atoms with E-state index in [1.807, 2.05) is 31.2 Å². The number of hydrogen-bond acceptors (Lipinski definition) is 3. The third-order valence-corrected chi connectivity index (χ3v) is 3.53. The molecule has 2 N–H and O–H groups in total. The van der Waals surface area contributed by atoms with Gasteiger partial charge >= 0.3 is 0 Å². The normalized spacial score (nSPS) is 12.4. The van der Waals surface area contributed by atoms with Gasteiger partial charge in [0, 0.05) is 19.7 Å². The van der Waals surface area contributed by atoms with Gasteiger partial charge in [0.05, 0.1) is 13.7 Å². The largest absolute Gasteiger partial charge is 0.497 e. The molecule has 0 saturated heterocycles. The first-order valence-electron chi connectivity index (χ1n) is 8.10. The molecule has 6 heteroatoms. The average Bonchev–Trinajstić information content (AvgIpc) is 2.63. The highest BCUT2D eigenvalue weighted by Gasteiger charge is 2.06. The second kappa shape index (κ2) is 9.52. The molecule has 0 aromatic heterocycles. The fourth-order valence-corrected chi connectivity index (χ4v) is 2.20. The van der Waals surface area contributed by atoms with Crippen LogP contribution in [0.4, 0.5) is 4.39 Å². The van der Waals surface area contributed by atoms with Crippen molar-refractivity contribution in [1.82, 2.24) is 10.6 Å². The minimum Gasteiger partial charge on any atom is -0.497 e. The fourth-order valence-electron chi connectivity index (χ4n) is 2.20. The molecule has 2 aromatic rings. The smallest absolute Gasteiger partial charge is 0.191 e. The highest BCUT2D eigenvalue weighted by molar-refractivity contribution is 5.79. The van der Waals surface area contributed by atoms with Gasteiger partial charge in [-0.05, 0) is 36.8 Å². The van der Waals surface area contributed by atoms with Crippen molar-refractivity contribution in [2.24, 2.45) is 4.99 Å². The van der Waals surface area contributed by atoms with Crippen LogP contribution in [0.2, 0.25) is 0 Å². The Morgan fingerprint density at radius 3 is 2.52 bits per heavy atom. The monoisotopic (exact) mass is 345 g/mol. The van der Waals surface area contributed by atoms with Crippen LogP contribution in [0.3, 0.4) is 0 Å². The molecule has 0 aliphatic carbocycles. The second-order valence-electron chi connectivity index (χ2n) is 5.54. The van der Waals surface area contributed by atoms with Crippen molar-refractivity contribution in [3.05, 3.63) is 59.9 Å². The summed E-state index contributed by atoms with van der Waals surface area (Å²) >= 11 is 0. The number of nitrogens with one attached hydrogen (secondary N) is 2. The van der Waals surface area contributed by atoms with Crippen LogP contribution in [0.15, 0.2) is 53.5 Å². The van der Waals surface area contributed by atoms with Crippen molar-refractivity contribution in [3.63, 3.8) is 0 Å².